The highest BCUT2D eigenvalue weighted by Gasteiger charge is 2.13. The zero-order valence-corrected chi connectivity index (χ0v) is 9.41. The summed E-state index contributed by atoms with van der Waals surface area (Å²) in [5.41, 5.74) is 6.79. The molecule has 0 aliphatic carbocycles. The normalized spacial score (nSPS) is 13.1. The van der Waals surface area contributed by atoms with E-state index in [1.807, 2.05) is 0 Å². The van der Waals surface area contributed by atoms with E-state index in [9.17, 15) is 4.39 Å². The SMILES string of the molecule is CCC(CC)CC(N)c1ccc(F)cn1. The number of pyridine rings is 1. The van der Waals surface area contributed by atoms with Crippen molar-refractivity contribution in [2.24, 2.45) is 11.7 Å². The van der Waals surface area contributed by atoms with Crippen LogP contribution in [0.3, 0.4) is 0 Å². The van der Waals surface area contributed by atoms with Crippen LogP contribution in [0.1, 0.15) is 44.8 Å². The molecule has 0 fully saturated rings. The average molecular weight is 210 g/mol. The van der Waals surface area contributed by atoms with Crippen LogP contribution >= 0.6 is 0 Å². The molecule has 0 spiro atoms. The molecule has 0 bridgehead atoms. The number of nitrogens with two attached hydrogens (primary N) is 1. The van der Waals surface area contributed by atoms with Crippen LogP contribution in [0.4, 0.5) is 4.39 Å². The number of hydrogen-bond donors (Lipinski definition) is 1. The Labute approximate surface area is 90.7 Å². The summed E-state index contributed by atoms with van der Waals surface area (Å²) in [6.07, 6.45) is 4.41. The zero-order chi connectivity index (χ0) is 11.3. The highest BCUT2D eigenvalue weighted by Crippen LogP contribution is 2.21. The predicted octanol–water partition coefficient (Wildman–Crippen LogP) is 3.05. The maximum Gasteiger partial charge on any atom is 0.141 e. The van der Waals surface area contributed by atoms with Crippen molar-refractivity contribution in [1.29, 1.82) is 0 Å². The fourth-order valence-corrected chi connectivity index (χ4v) is 1.71. The number of aromatic nitrogens is 1. The summed E-state index contributed by atoms with van der Waals surface area (Å²) >= 11 is 0. The van der Waals surface area contributed by atoms with Gasteiger partial charge >= 0.3 is 0 Å². The van der Waals surface area contributed by atoms with Gasteiger partial charge in [-0.1, -0.05) is 26.7 Å². The quantitative estimate of drug-likeness (QED) is 0.811. The Hall–Kier alpha value is -0.960. The summed E-state index contributed by atoms with van der Waals surface area (Å²) in [5, 5.41) is 0. The molecule has 1 aromatic heterocycles. The third-order valence-corrected chi connectivity index (χ3v) is 2.87. The molecule has 2 nitrogen and oxygen atoms in total. The van der Waals surface area contributed by atoms with E-state index < -0.39 is 0 Å². The molecule has 84 valence electrons. The lowest BCUT2D eigenvalue weighted by Crippen LogP contribution is -2.16. The lowest BCUT2D eigenvalue weighted by molar-refractivity contribution is 0.410. The molecule has 15 heavy (non-hydrogen) atoms. The molecular weight excluding hydrogens is 191 g/mol. The van der Waals surface area contributed by atoms with Gasteiger partial charge in [0.1, 0.15) is 5.82 Å². The van der Waals surface area contributed by atoms with E-state index in [0.717, 1.165) is 25.0 Å². The number of nitrogens with zero attached hydrogens (tertiary/aromatic N) is 1. The minimum atomic E-state index is -0.312. The molecule has 0 amide bonds. The molecule has 0 saturated carbocycles. The Bertz CT molecular complexity index is 280. The van der Waals surface area contributed by atoms with Crippen LogP contribution in [-0.2, 0) is 0 Å². The van der Waals surface area contributed by atoms with Crippen molar-refractivity contribution >= 4 is 0 Å². The van der Waals surface area contributed by atoms with Gasteiger partial charge in [-0.15, -0.1) is 0 Å². The van der Waals surface area contributed by atoms with Gasteiger partial charge in [-0.3, -0.25) is 4.98 Å². The fourth-order valence-electron chi connectivity index (χ4n) is 1.71. The van der Waals surface area contributed by atoms with E-state index in [2.05, 4.69) is 18.8 Å². The molecule has 0 saturated heterocycles. The largest absolute Gasteiger partial charge is 0.323 e. The van der Waals surface area contributed by atoms with E-state index in [0.29, 0.717) is 5.92 Å². The molecule has 1 aromatic rings. The van der Waals surface area contributed by atoms with Crippen molar-refractivity contribution in [3.63, 3.8) is 0 Å². The van der Waals surface area contributed by atoms with E-state index in [-0.39, 0.29) is 11.9 Å². The van der Waals surface area contributed by atoms with Crippen LogP contribution in [-0.4, -0.2) is 4.98 Å². The summed E-state index contributed by atoms with van der Waals surface area (Å²) in [7, 11) is 0. The monoisotopic (exact) mass is 210 g/mol. The van der Waals surface area contributed by atoms with Crippen molar-refractivity contribution in [3.8, 4) is 0 Å². The summed E-state index contributed by atoms with van der Waals surface area (Å²) in [6.45, 7) is 4.33. The lowest BCUT2D eigenvalue weighted by Gasteiger charge is -2.17. The molecule has 0 aliphatic rings. The van der Waals surface area contributed by atoms with Crippen LogP contribution in [0.25, 0.3) is 0 Å². The van der Waals surface area contributed by atoms with Crippen LogP contribution in [0.2, 0.25) is 0 Å². The second-order valence-corrected chi connectivity index (χ2v) is 3.93. The highest BCUT2D eigenvalue weighted by atomic mass is 19.1. The van der Waals surface area contributed by atoms with Crippen molar-refractivity contribution in [1.82, 2.24) is 4.98 Å². The molecule has 0 radical (unpaired) electrons. The van der Waals surface area contributed by atoms with Crippen molar-refractivity contribution in [2.45, 2.75) is 39.2 Å². The van der Waals surface area contributed by atoms with Gasteiger partial charge in [-0.2, -0.15) is 0 Å². The first-order chi connectivity index (χ1) is 7.17. The molecule has 2 N–H and O–H groups in total. The van der Waals surface area contributed by atoms with Crippen molar-refractivity contribution in [3.05, 3.63) is 29.8 Å². The zero-order valence-electron chi connectivity index (χ0n) is 9.41. The Morgan fingerprint density at radius 3 is 2.47 bits per heavy atom. The van der Waals surface area contributed by atoms with Gasteiger partial charge in [0.2, 0.25) is 0 Å². The first kappa shape index (κ1) is 12.1. The topological polar surface area (TPSA) is 38.9 Å². The van der Waals surface area contributed by atoms with Crippen LogP contribution in [0, 0.1) is 11.7 Å². The summed E-state index contributed by atoms with van der Waals surface area (Å²) < 4.78 is 12.6. The Morgan fingerprint density at radius 1 is 1.33 bits per heavy atom. The van der Waals surface area contributed by atoms with Crippen molar-refractivity contribution < 1.29 is 4.39 Å². The molecule has 1 atom stereocenters. The standard InChI is InChI=1S/C12H19FN2/c1-3-9(4-2)7-11(14)12-6-5-10(13)8-15-12/h5-6,8-9,11H,3-4,7,14H2,1-2H3. The van der Waals surface area contributed by atoms with E-state index in [1.165, 1.54) is 12.3 Å². The van der Waals surface area contributed by atoms with Gasteiger partial charge in [0.25, 0.3) is 0 Å². The molecule has 1 heterocycles. The minimum absolute atomic E-state index is 0.0736. The number of halogens is 1. The Morgan fingerprint density at radius 2 is 2.00 bits per heavy atom. The van der Waals surface area contributed by atoms with E-state index in [1.54, 1.807) is 6.07 Å². The number of rotatable bonds is 5. The van der Waals surface area contributed by atoms with E-state index in [4.69, 9.17) is 5.73 Å². The molecule has 0 aliphatic heterocycles. The van der Waals surface area contributed by atoms with Gasteiger partial charge in [0.05, 0.1) is 11.9 Å². The van der Waals surface area contributed by atoms with Crippen LogP contribution in [0.15, 0.2) is 18.3 Å². The summed E-state index contributed by atoms with van der Waals surface area (Å²) in [6, 6.07) is 3.01. The molecule has 1 rings (SSSR count). The maximum absolute atomic E-state index is 12.6. The highest BCUT2D eigenvalue weighted by molar-refractivity contribution is 5.09. The Balaban J connectivity index is 2.60. The smallest absolute Gasteiger partial charge is 0.141 e. The molecule has 3 heteroatoms. The van der Waals surface area contributed by atoms with E-state index >= 15 is 0 Å². The first-order valence-corrected chi connectivity index (χ1v) is 5.54. The summed E-state index contributed by atoms with van der Waals surface area (Å²) in [4.78, 5) is 4.00. The minimum Gasteiger partial charge on any atom is -0.323 e. The van der Waals surface area contributed by atoms with Gasteiger partial charge in [0, 0.05) is 6.04 Å². The number of hydrogen-bond acceptors (Lipinski definition) is 2. The molecular formula is C12H19FN2. The lowest BCUT2D eigenvalue weighted by atomic mass is 9.93. The summed E-state index contributed by atoms with van der Waals surface area (Å²) in [5.74, 6) is 0.320. The Kier molecular flexibility index (Phi) is 4.69. The third kappa shape index (κ3) is 3.59. The van der Waals surface area contributed by atoms with Crippen molar-refractivity contribution in [2.75, 3.05) is 0 Å². The molecule has 0 aromatic carbocycles. The average Bonchev–Trinajstić information content (AvgIpc) is 2.26. The third-order valence-electron chi connectivity index (χ3n) is 2.87. The van der Waals surface area contributed by atoms with Gasteiger partial charge in [-0.25, -0.2) is 4.39 Å². The van der Waals surface area contributed by atoms with Crippen LogP contribution in [0.5, 0.6) is 0 Å². The molecule has 1 unspecified atom stereocenters. The fraction of sp³-hybridized carbons (Fsp3) is 0.583. The van der Waals surface area contributed by atoms with Gasteiger partial charge < -0.3 is 5.73 Å². The second-order valence-electron chi connectivity index (χ2n) is 3.93. The predicted molar refractivity (Wildman–Crippen MR) is 59.8 cm³/mol. The van der Waals surface area contributed by atoms with Gasteiger partial charge in [-0.05, 0) is 24.5 Å². The van der Waals surface area contributed by atoms with Crippen LogP contribution < -0.4 is 5.73 Å². The second kappa shape index (κ2) is 5.81. The maximum atomic E-state index is 12.6. The first-order valence-electron chi connectivity index (χ1n) is 5.54. The van der Waals surface area contributed by atoms with Gasteiger partial charge in [0.15, 0.2) is 0 Å².